The van der Waals surface area contributed by atoms with Gasteiger partial charge in [-0.2, -0.15) is 4.80 Å². The summed E-state index contributed by atoms with van der Waals surface area (Å²) >= 11 is 0. The molecule has 6 atom stereocenters. The molecular formula is C32H41N7O7. The lowest BCUT2D eigenvalue weighted by atomic mass is 10.0. The van der Waals surface area contributed by atoms with Gasteiger partial charge >= 0.3 is 12.1 Å². The summed E-state index contributed by atoms with van der Waals surface area (Å²) in [5.74, 6) is -2.43. The van der Waals surface area contributed by atoms with Gasteiger partial charge < -0.3 is 30.5 Å². The molecule has 46 heavy (non-hydrogen) atoms. The molecule has 2 aliphatic carbocycles. The van der Waals surface area contributed by atoms with Crippen molar-refractivity contribution in [3.63, 3.8) is 0 Å². The van der Waals surface area contributed by atoms with Gasteiger partial charge in [0.15, 0.2) is 6.10 Å². The van der Waals surface area contributed by atoms with Crippen molar-refractivity contribution in [1.82, 2.24) is 35.7 Å². The van der Waals surface area contributed by atoms with Crippen molar-refractivity contribution in [2.24, 2.45) is 5.92 Å². The number of carbonyl (C=O) groups excluding carboxylic acids is 3. The molecule has 1 aromatic heterocycles. The van der Waals surface area contributed by atoms with E-state index in [1.165, 1.54) is 9.70 Å². The second-order valence-electron chi connectivity index (χ2n) is 12.9. The number of nitrogens with one attached hydrogen (secondary N) is 2. The van der Waals surface area contributed by atoms with Crippen molar-refractivity contribution >= 4 is 23.9 Å². The highest BCUT2D eigenvalue weighted by Gasteiger charge is 2.62. The molecule has 1 saturated heterocycles. The summed E-state index contributed by atoms with van der Waals surface area (Å²) in [5.41, 5.74) is -0.626. The molecule has 1 aromatic carbocycles. The van der Waals surface area contributed by atoms with E-state index in [0.717, 1.165) is 50.5 Å². The maximum atomic E-state index is 14.3. The van der Waals surface area contributed by atoms with E-state index in [4.69, 9.17) is 4.74 Å². The van der Waals surface area contributed by atoms with E-state index < -0.39 is 53.6 Å². The summed E-state index contributed by atoms with van der Waals surface area (Å²) in [7, 11) is 0. The minimum absolute atomic E-state index is 0.0647. The van der Waals surface area contributed by atoms with Crippen LogP contribution in [-0.2, 0) is 19.1 Å². The largest absolute Gasteiger partial charge is 0.479 e. The molecule has 0 bridgehead atoms. The van der Waals surface area contributed by atoms with Gasteiger partial charge in [-0.3, -0.25) is 9.59 Å². The average Bonchev–Trinajstić information content (AvgIpc) is 3.53. The Kier molecular flexibility index (Phi) is 9.34. The zero-order chi connectivity index (χ0) is 32.3. The molecule has 0 radical (unpaired) electrons. The van der Waals surface area contributed by atoms with Crippen LogP contribution in [0, 0.1) is 5.92 Å². The maximum absolute atomic E-state index is 14.3. The average molecular weight is 636 g/mol. The monoisotopic (exact) mass is 635 g/mol. The molecule has 2 saturated carbocycles. The molecule has 3 heterocycles. The number of rotatable bonds is 6. The van der Waals surface area contributed by atoms with Gasteiger partial charge in [0, 0.05) is 24.4 Å². The summed E-state index contributed by atoms with van der Waals surface area (Å²) in [6.07, 6.45) is 8.47. The summed E-state index contributed by atoms with van der Waals surface area (Å²) in [5, 5.41) is 38.9. The number of aliphatic carboxylic acids is 1. The van der Waals surface area contributed by atoms with Crippen LogP contribution in [0.15, 0.2) is 42.5 Å². The molecule has 246 valence electrons. The third-order valence-corrected chi connectivity index (χ3v) is 9.69. The Morgan fingerprint density at radius 3 is 2.59 bits per heavy atom. The van der Waals surface area contributed by atoms with Gasteiger partial charge in [-0.1, -0.05) is 55.3 Å². The lowest BCUT2D eigenvalue weighted by molar-refractivity contribution is -0.150. The van der Waals surface area contributed by atoms with E-state index in [-0.39, 0.29) is 31.4 Å². The Balaban J connectivity index is 1.28. The third-order valence-electron chi connectivity index (χ3n) is 9.69. The number of aliphatic hydroxyl groups is 1. The first-order chi connectivity index (χ1) is 22.2. The molecule has 14 heteroatoms. The van der Waals surface area contributed by atoms with Gasteiger partial charge in [0.2, 0.25) is 17.6 Å². The molecule has 4 N–H and O–H groups in total. The molecular weight excluding hydrogens is 594 g/mol. The molecule has 4 aliphatic rings. The SMILES string of the molecule is O=C(N[C@H]1CCCCCC=C[C@@H]2C[C@@]2(C(O)C(=O)O)NC(=O)[C@@H]2C[C@@H](n3nnc(-c4ccccc4)n3)CN2C1=O)OC1CCCC1. The van der Waals surface area contributed by atoms with E-state index >= 15 is 0 Å². The van der Waals surface area contributed by atoms with Crippen LogP contribution >= 0.6 is 0 Å². The molecule has 2 aromatic rings. The van der Waals surface area contributed by atoms with E-state index in [1.54, 1.807) is 0 Å². The first kappa shape index (κ1) is 31.6. The summed E-state index contributed by atoms with van der Waals surface area (Å²) in [6.45, 7) is 0.0647. The molecule has 2 aliphatic heterocycles. The molecule has 3 fully saturated rings. The van der Waals surface area contributed by atoms with Crippen LogP contribution in [-0.4, -0.2) is 95.6 Å². The van der Waals surface area contributed by atoms with Gasteiger partial charge in [0.25, 0.3) is 0 Å². The van der Waals surface area contributed by atoms with Gasteiger partial charge in [-0.05, 0) is 56.6 Å². The van der Waals surface area contributed by atoms with Gasteiger partial charge in [-0.25, -0.2) is 9.59 Å². The smallest absolute Gasteiger partial charge is 0.408 e. The number of hydrogen-bond donors (Lipinski definition) is 4. The standard InChI is InChI=1S/C32H41N7O7/c40-26(30(43)44)32-18-21(32)13-7-2-1-3-8-16-24(33-31(45)46-23-14-9-10-15-23)29(42)38-19-22(17-25(38)28(41)34-32)39-36-27(35-37-39)20-11-5-4-6-12-20/h4-7,11-13,21-26,40H,1-3,8-10,14-19H2,(H,33,45)(H,34,41)(H,43,44)/t21-,22-,24+,25+,26?,32-/m1/s1. The van der Waals surface area contributed by atoms with Crippen molar-refractivity contribution in [2.45, 2.75) is 107 Å². The highest BCUT2D eigenvalue weighted by molar-refractivity contribution is 5.93. The molecule has 0 spiro atoms. The zero-order valence-corrected chi connectivity index (χ0v) is 25.7. The Bertz CT molecular complexity index is 1460. The van der Waals surface area contributed by atoms with Gasteiger partial charge in [-0.15, -0.1) is 10.2 Å². The zero-order valence-electron chi connectivity index (χ0n) is 25.7. The highest BCUT2D eigenvalue weighted by atomic mass is 16.6. The second-order valence-corrected chi connectivity index (χ2v) is 12.9. The number of hydrogen-bond acceptors (Lipinski definition) is 9. The van der Waals surface area contributed by atoms with E-state index in [0.29, 0.717) is 18.7 Å². The number of aliphatic hydroxyl groups excluding tert-OH is 1. The van der Waals surface area contributed by atoms with E-state index in [1.807, 2.05) is 42.5 Å². The number of amides is 3. The van der Waals surface area contributed by atoms with Crippen LogP contribution < -0.4 is 10.6 Å². The molecule has 14 nitrogen and oxygen atoms in total. The minimum atomic E-state index is -1.83. The summed E-state index contributed by atoms with van der Waals surface area (Å²) < 4.78 is 5.61. The second kappa shape index (κ2) is 13.6. The van der Waals surface area contributed by atoms with Crippen LogP contribution in [0.25, 0.3) is 11.4 Å². The number of allylic oxidation sites excluding steroid dienone is 1. The fourth-order valence-corrected chi connectivity index (χ4v) is 7.00. The minimum Gasteiger partial charge on any atom is -0.479 e. The predicted octanol–water partition coefficient (Wildman–Crippen LogP) is 2.36. The van der Waals surface area contributed by atoms with Crippen molar-refractivity contribution in [1.29, 1.82) is 0 Å². The number of benzene rings is 1. The number of tetrazole rings is 1. The fourth-order valence-electron chi connectivity index (χ4n) is 7.00. The maximum Gasteiger partial charge on any atom is 0.408 e. The number of ether oxygens (including phenoxy) is 1. The Morgan fingerprint density at radius 2 is 1.83 bits per heavy atom. The van der Waals surface area contributed by atoms with Crippen LogP contribution in [0.5, 0.6) is 0 Å². The van der Waals surface area contributed by atoms with Crippen molar-refractivity contribution in [3.05, 3.63) is 42.5 Å². The predicted molar refractivity (Wildman–Crippen MR) is 163 cm³/mol. The van der Waals surface area contributed by atoms with Crippen LogP contribution in [0.2, 0.25) is 0 Å². The topological polar surface area (TPSA) is 189 Å². The highest BCUT2D eigenvalue weighted by Crippen LogP contribution is 2.48. The fraction of sp³-hybridized carbons (Fsp3) is 0.594. The van der Waals surface area contributed by atoms with Crippen molar-refractivity contribution < 1.29 is 34.1 Å². The van der Waals surface area contributed by atoms with E-state index in [2.05, 4.69) is 26.0 Å². The number of fused-ring (bicyclic) bond motifs is 2. The molecule has 1 unspecified atom stereocenters. The Morgan fingerprint density at radius 1 is 1.07 bits per heavy atom. The lowest BCUT2D eigenvalue weighted by Crippen LogP contribution is -2.58. The van der Waals surface area contributed by atoms with Gasteiger partial charge in [0.05, 0.1) is 11.6 Å². The van der Waals surface area contributed by atoms with Crippen molar-refractivity contribution in [2.75, 3.05) is 6.54 Å². The first-order valence-corrected chi connectivity index (χ1v) is 16.3. The number of nitrogens with zero attached hydrogens (tertiary/aromatic N) is 5. The first-order valence-electron chi connectivity index (χ1n) is 16.3. The van der Waals surface area contributed by atoms with Crippen LogP contribution in [0.1, 0.15) is 76.7 Å². The number of carboxylic acids is 1. The number of aromatic nitrogens is 4. The molecule has 3 amide bonds. The lowest BCUT2D eigenvalue weighted by Gasteiger charge is -2.30. The van der Waals surface area contributed by atoms with Gasteiger partial charge in [0.1, 0.15) is 18.2 Å². The number of alkyl carbamates (subject to hydrolysis) is 1. The van der Waals surface area contributed by atoms with Crippen LogP contribution in [0.4, 0.5) is 4.79 Å². The number of carboxylic acid groups (broad SMARTS) is 1. The quantitative estimate of drug-likeness (QED) is 0.343. The number of carbonyl (C=O) groups is 4. The third kappa shape index (κ3) is 6.76. The summed E-state index contributed by atoms with van der Waals surface area (Å²) in [4.78, 5) is 55.9. The van der Waals surface area contributed by atoms with Crippen molar-refractivity contribution in [3.8, 4) is 11.4 Å². The van der Waals surface area contributed by atoms with E-state index in [9.17, 15) is 29.4 Å². The Labute approximate surface area is 266 Å². The normalized spacial score (nSPS) is 29.5. The summed E-state index contributed by atoms with van der Waals surface area (Å²) in [6, 6.07) is 6.81. The molecule has 6 rings (SSSR count). The van der Waals surface area contributed by atoms with Crippen LogP contribution in [0.3, 0.4) is 0 Å². The Hall–Kier alpha value is -4.33.